The molecule has 3 rings (SSSR count). The molecule has 1 amide bonds. The van der Waals surface area contributed by atoms with E-state index in [1.54, 1.807) is 12.1 Å². The average molecular weight is 342 g/mol. The number of aryl methyl sites for hydroxylation is 2. The molecule has 134 valence electrons. The Morgan fingerprint density at radius 2 is 1.92 bits per heavy atom. The van der Waals surface area contributed by atoms with Crippen LogP contribution in [0.15, 0.2) is 28.8 Å². The molecule has 0 spiro atoms. The highest BCUT2D eigenvalue weighted by atomic mass is 16.5. The summed E-state index contributed by atoms with van der Waals surface area (Å²) in [5, 5.41) is 6.97. The maximum Gasteiger partial charge on any atom is 0.251 e. The molecule has 0 saturated heterocycles. The Labute approximate surface area is 148 Å². The lowest BCUT2D eigenvalue weighted by molar-refractivity contribution is 0.0943. The summed E-state index contributed by atoms with van der Waals surface area (Å²) in [6.07, 6.45) is 6.37. The van der Waals surface area contributed by atoms with Crippen LogP contribution in [-0.2, 0) is 6.61 Å². The van der Waals surface area contributed by atoms with Crippen molar-refractivity contribution in [1.29, 1.82) is 0 Å². The second-order valence-corrected chi connectivity index (χ2v) is 6.83. The summed E-state index contributed by atoms with van der Waals surface area (Å²) < 4.78 is 10.9. The van der Waals surface area contributed by atoms with Gasteiger partial charge in [0.1, 0.15) is 18.1 Å². The van der Waals surface area contributed by atoms with Gasteiger partial charge in [-0.15, -0.1) is 0 Å². The van der Waals surface area contributed by atoms with Crippen LogP contribution >= 0.6 is 0 Å². The minimum absolute atomic E-state index is 0.0113. The van der Waals surface area contributed by atoms with Crippen LogP contribution in [0.25, 0.3) is 0 Å². The topological polar surface area (TPSA) is 64.4 Å². The fourth-order valence-corrected chi connectivity index (χ4v) is 3.30. The molecule has 1 N–H and O–H groups in total. The lowest BCUT2D eigenvalue weighted by atomic mass is 9.89. The smallest absolute Gasteiger partial charge is 0.251 e. The highest BCUT2D eigenvalue weighted by Gasteiger charge is 2.15. The molecule has 25 heavy (non-hydrogen) atoms. The Balaban J connectivity index is 1.50. The number of carbonyl (C=O) groups excluding carboxylic acids is 1. The third-order valence-corrected chi connectivity index (χ3v) is 4.96. The van der Waals surface area contributed by atoms with E-state index >= 15 is 0 Å². The summed E-state index contributed by atoms with van der Waals surface area (Å²) in [5.41, 5.74) is 2.48. The van der Waals surface area contributed by atoms with Crippen molar-refractivity contribution < 1.29 is 14.1 Å². The summed E-state index contributed by atoms with van der Waals surface area (Å²) in [7, 11) is 0. The quantitative estimate of drug-likeness (QED) is 0.855. The fraction of sp³-hybridized carbons (Fsp3) is 0.500. The molecule has 1 aromatic heterocycles. The van der Waals surface area contributed by atoms with Crippen molar-refractivity contribution in [2.24, 2.45) is 5.92 Å². The highest BCUT2D eigenvalue weighted by molar-refractivity contribution is 5.94. The number of amides is 1. The molecule has 1 aliphatic rings. The van der Waals surface area contributed by atoms with Crippen LogP contribution in [0.4, 0.5) is 0 Å². The van der Waals surface area contributed by atoms with Gasteiger partial charge in [0.05, 0.1) is 11.3 Å². The monoisotopic (exact) mass is 342 g/mol. The molecule has 0 radical (unpaired) electrons. The minimum Gasteiger partial charge on any atom is -0.489 e. The summed E-state index contributed by atoms with van der Waals surface area (Å²) in [6.45, 7) is 4.96. The van der Waals surface area contributed by atoms with Crippen LogP contribution in [0.3, 0.4) is 0 Å². The minimum atomic E-state index is -0.0113. The van der Waals surface area contributed by atoms with Crippen molar-refractivity contribution in [3.63, 3.8) is 0 Å². The molecule has 5 heteroatoms. The first-order valence-electron chi connectivity index (χ1n) is 9.06. The third kappa shape index (κ3) is 4.62. The number of benzene rings is 1. The van der Waals surface area contributed by atoms with Crippen LogP contribution in [0, 0.1) is 19.8 Å². The lowest BCUT2D eigenvalue weighted by Crippen LogP contribution is -2.30. The Morgan fingerprint density at radius 3 is 2.56 bits per heavy atom. The van der Waals surface area contributed by atoms with E-state index in [9.17, 15) is 4.79 Å². The maximum atomic E-state index is 12.3. The largest absolute Gasteiger partial charge is 0.489 e. The maximum absolute atomic E-state index is 12.3. The van der Waals surface area contributed by atoms with Crippen molar-refractivity contribution in [2.75, 3.05) is 6.54 Å². The van der Waals surface area contributed by atoms with Gasteiger partial charge in [0.25, 0.3) is 5.91 Å². The van der Waals surface area contributed by atoms with Crippen LogP contribution in [0.1, 0.15) is 59.5 Å². The number of nitrogens with one attached hydrogen (secondary N) is 1. The van der Waals surface area contributed by atoms with Gasteiger partial charge in [-0.3, -0.25) is 4.79 Å². The summed E-state index contributed by atoms with van der Waals surface area (Å²) >= 11 is 0. The van der Waals surface area contributed by atoms with E-state index in [1.165, 1.54) is 32.1 Å². The Bertz CT molecular complexity index is 681. The molecular weight excluding hydrogens is 316 g/mol. The zero-order valence-corrected chi connectivity index (χ0v) is 15.0. The summed E-state index contributed by atoms with van der Waals surface area (Å²) in [5.74, 6) is 2.12. The van der Waals surface area contributed by atoms with E-state index in [2.05, 4.69) is 10.5 Å². The van der Waals surface area contributed by atoms with Crippen molar-refractivity contribution in [2.45, 2.75) is 52.6 Å². The van der Waals surface area contributed by atoms with Crippen molar-refractivity contribution >= 4 is 5.91 Å². The van der Waals surface area contributed by atoms with E-state index in [4.69, 9.17) is 9.26 Å². The molecule has 2 aromatic rings. The SMILES string of the molecule is Cc1noc(C)c1COc1ccc(C(=O)NCC2CCCCC2)cc1. The molecule has 1 aliphatic carbocycles. The Morgan fingerprint density at radius 1 is 1.20 bits per heavy atom. The molecule has 0 atom stereocenters. The van der Waals surface area contributed by atoms with E-state index in [-0.39, 0.29) is 5.91 Å². The van der Waals surface area contributed by atoms with Gasteiger partial charge in [-0.05, 0) is 56.9 Å². The van der Waals surface area contributed by atoms with Crippen molar-refractivity contribution in [3.05, 3.63) is 46.8 Å². The molecular formula is C20H26N2O3. The van der Waals surface area contributed by atoms with Gasteiger partial charge < -0.3 is 14.6 Å². The van der Waals surface area contributed by atoms with Crippen LogP contribution in [0.5, 0.6) is 5.75 Å². The first-order valence-corrected chi connectivity index (χ1v) is 9.06. The van der Waals surface area contributed by atoms with Gasteiger partial charge in [-0.25, -0.2) is 0 Å². The number of nitrogens with zero attached hydrogens (tertiary/aromatic N) is 1. The summed E-state index contributed by atoms with van der Waals surface area (Å²) in [4.78, 5) is 12.3. The zero-order chi connectivity index (χ0) is 17.6. The lowest BCUT2D eigenvalue weighted by Gasteiger charge is -2.21. The second-order valence-electron chi connectivity index (χ2n) is 6.83. The van der Waals surface area contributed by atoms with Gasteiger partial charge in [-0.2, -0.15) is 0 Å². The normalized spacial score (nSPS) is 15.1. The van der Waals surface area contributed by atoms with E-state index in [0.717, 1.165) is 29.3 Å². The van der Waals surface area contributed by atoms with Gasteiger partial charge in [-0.1, -0.05) is 24.4 Å². The van der Waals surface area contributed by atoms with Gasteiger partial charge in [0, 0.05) is 12.1 Å². The molecule has 0 aliphatic heterocycles. The molecule has 1 saturated carbocycles. The Hall–Kier alpha value is -2.30. The predicted octanol–water partition coefficient (Wildman–Crippen LogP) is 4.18. The zero-order valence-electron chi connectivity index (χ0n) is 15.0. The fourth-order valence-electron chi connectivity index (χ4n) is 3.30. The van der Waals surface area contributed by atoms with Gasteiger partial charge >= 0.3 is 0 Å². The van der Waals surface area contributed by atoms with Gasteiger partial charge in [0.2, 0.25) is 0 Å². The van der Waals surface area contributed by atoms with Crippen molar-refractivity contribution in [1.82, 2.24) is 10.5 Å². The molecule has 1 fully saturated rings. The van der Waals surface area contributed by atoms with Crippen LogP contribution in [0.2, 0.25) is 0 Å². The first-order chi connectivity index (χ1) is 12.1. The standard InChI is InChI=1S/C20H26N2O3/c1-14-19(15(2)25-22-14)13-24-18-10-8-17(9-11-18)20(23)21-12-16-6-4-3-5-7-16/h8-11,16H,3-7,12-13H2,1-2H3,(H,21,23). The van der Waals surface area contributed by atoms with Crippen LogP contribution < -0.4 is 10.1 Å². The van der Waals surface area contributed by atoms with E-state index in [0.29, 0.717) is 18.1 Å². The number of ether oxygens (including phenoxy) is 1. The Kier molecular flexibility index (Phi) is 5.74. The summed E-state index contributed by atoms with van der Waals surface area (Å²) in [6, 6.07) is 7.26. The molecule has 1 heterocycles. The predicted molar refractivity (Wildman–Crippen MR) is 95.7 cm³/mol. The van der Waals surface area contributed by atoms with Crippen molar-refractivity contribution in [3.8, 4) is 5.75 Å². The molecule has 1 aromatic carbocycles. The molecule has 0 bridgehead atoms. The first kappa shape index (κ1) is 17.5. The molecule has 0 unspecified atom stereocenters. The van der Waals surface area contributed by atoms with E-state index < -0.39 is 0 Å². The average Bonchev–Trinajstić information content (AvgIpc) is 2.97. The second kappa shape index (κ2) is 8.19. The highest BCUT2D eigenvalue weighted by Crippen LogP contribution is 2.23. The van der Waals surface area contributed by atoms with Gasteiger partial charge in [0.15, 0.2) is 0 Å². The number of hydrogen-bond donors (Lipinski definition) is 1. The number of carbonyl (C=O) groups is 1. The van der Waals surface area contributed by atoms with Crippen LogP contribution in [-0.4, -0.2) is 17.6 Å². The van der Waals surface area contributed by atoms with E-state index in [1.807, 2.05) is 26.0 Å². The number of hydrogen-bond acceptors (Lipinski definition) is 4. The number of rotatable bonds is 6. The number of aromatic nitrogens is 1. The third-order valence-electron chi connectivity index (χ3n) is 4.96. The molecule has 5 nitrogen and oxygen atoms in total.